The molecule has 0 amide bonds. The van der Waals surface area contributed by atoms with Crippen LogP contribution in [0.3, 0.4) is 0 Å². The van der Waals surface area contributed by atoms with Gasteiger partial charge in [0, 0.05) is 22.4 Å². The summed E-state index contributed by atoms with van der Waals surface area (Å²) in [6, 6.07) is 7.49. The summed E-state index contributed by atoms with van der Waals surface area (Å²) < 4.78 is 22.1. The van der Waals surface area contributed by atoms with E-state index in [2.05, 4.69) is 15.3 Å². The van der Waals surface area contributed by atoms with Crippen LogP contribution in [0.1, 0.15) is 0 Å². The molecule has 5 nitrogen and oxygen atoms in total. The third-order valence-corrected chi connectivity index (χ3v) is 3.62. The second kappa shape index (κ2) is 5.09. The third-order valence-electron chi connectivity index (χ3n) is 2.04. The van der Waals surface area contributed by atoms with Gasteiger partial charge in [0.2, 0.25) is 0 Å². The molecule has 0 saturated heterocycles. The summed E-state index contributed by atoms with van der Waals surface area (Å²) in [6.07, 6.45) is 1.32. The van der Waals surface area contributed by atoms with Crippen molar-refractivity contribution < 1.29 is 8.42 Å². The topological polar surface area (TPSA) is 72.0 Å². The molecule has 0 fully saturated rings. The molecule has 0 spiro atoms. The van der Waals surface area contributed by atoms with E-state index in [1.807, 2.05) is 0 Å². The SMILES string of the molecule is O=S(=O)(Cl)c1ccc(Nc2cc(Cl)ncn2)cc1. The minimum atomic E-state index is -3.70. The first-order valence-electron chi connectivity index (χ1n) is 4.74. The zero-order valence-corrected chi connectivity index (χ0v) is 11.2. The van der Waals surface area contributed by atoms with Gasteiger partial charge in [-0.2, -0.15) is 0 Å². The zero-order chi connectivity index (χ0) is 13.2. The molecule has 0 bridgehead atoms. The van der Waals surface area contributed by atoms with Gasteiger partial charge in [-0.05, 0) is 24.3 Å². The molecule has 94 valence electrons. The Kier molecular flexibility index (Phi) is 3.70. The van der Waals surface area contributed by atoms with Crippen molar-refractivity contribution in [1.29, 1.82) is 0 Å². The van der Waals surface area contributed by atoms with Crippen molar-refractivity contribution >= 4 is 42.8 Å². The molecule has 2 rings (SSSR count). The van der Waals surface area contributed by atoms with Gasteiger partial charge in [0.1, 0.15) is 17.3 Å². The summed E-state index contributed by atoms with van der Waals surface area (Å²) in [5.41, 5.74) is 0.661. The van der Waals surface area contributed by atoms with Gasteiger partial charge in [-0.15, -0.1) is 0 Å². The summed E-state index contributed by atoms with van der Waals surface area (Å²) in [6.45, 7) is 0. The van der Waals surface area contributed by atoms with E-state index < -0.39 is 9.05 Å². The fourth-order valence-electron chi connectivity index (χ4n) is 1.25. The van der Waals surface area contributed by atoms with E-state index in [1.165, 1.54) is 18.5 Å². The molecule has 0 atom stereocenters. The van der Waals surface area contributed by atoms with Crippen LogP contribution in [0.25, 0.3) is 0 Å². The van der Waals surface area contributed by atoms with Gasteiger partial charge in [0.25, 0.3) is 9.05 Å². The highest BCUT2D eigenvalue weighted by atomic mass is 35.7. The molecule has 1 heterocycles. The number of nitrogens with zero attached hydrogens (tertiary/aromatic N) is 2. The number of anilines is 2. The van der Waals surface area contributed by atoms with Gasteiger partial charge in [0.15, 0.2) is 0 Å². The van der Waals surface area contributed by atoms with Crippen molar-refractivity contribution in [3.63, 3.8) is 0 Å². The molecule has 0 aliphatic carbocycles. The summed E-state index contributed by atoms with van der Waals surface area (Å²) in [5, 5.41) is 3.26. The molecule has 8 heteroatoms. The lowest BCUT2D eigenvalue weighted by molar-refractivity contribution is 0.609. The smallest absolute Gasteiger partial charge is 0.261 e. The average molecular weight is 304 g/mol. The lowest BCUT2D eigenvalue weighted by Gasteiger charge is -2.05. The summed E-state index contributed by atoms with van der Waals surface area (Å²) in [7, 11) is 1.50. The van der Waals surface area contributed by atoms with Crippen LogP contribution in [-0.4, -0.2) is 18.4 Å². The maximum atomic E-state index is 11.1. The van der Waals surface area contributed by atoms with Crippen LogP contribution in [-0.2, 0) is 9.05 Å². The van der Waals surface area contributed by atoms with Gasteiger partial charge < -0.3 is 5.32 Å². The molecule has 1 aromatic heterocycles. The van der Waals surface area contributed by atoms with Crippen molar-refractivity contribution in [2.24, 2.45) is 0 Å². The number of hydrogen-bond acceptors (Lipinski definition) is 5. The second-order valence-electron chi connectivity index (χ2n) is 3.31. The van der Waals surface area contributed by atoms with Crippen molar-refractivity contribution in [2.75, 3.05) is 5.32 Å². The molecule has 0 aliphatic rings. The Morgan fingerprint density at radius 3 is 2.33 bits per heavy atom. The van der Waals surface area contributed by atoms with Crippen LogP contribution in [0.5, 0.6) is 0 Å². The highest BCUT2D eigenvalue weighted by molar-refractivity contribution is 8.13. The van der Waals surface area contributed by atoms with Crippen molar-refractivity contribution in [1.82, 2.24) is 9.97 Å². The molecule has 0 aliphatic heterocycles. The molecule has 1 aromatic carbocycles. The first kappa shape index (κ1) is 13.1. The lowest BCUT2D eigenvalue weighted by atomic mass is 10.3. The van der Waals surface area contributed by atoms with E-state index in [4.69, 9.17) is 22.3 Å². The number of halogens is 2. The molecular formula is C10H7Cl2N3O2S. The number of benzene rings is 1. The lowest BCUT2D eigenvalue weighted by Crippen LogP contribution is -1.95. The van der Waals surface area contributed by atoms with Gasteiger partial charge in [0.05, 0.1) is 4.90 Å². The van der Waals surface area contributed by atoms with Crippen molar-refractivity contribution in [2.45, 2.75) is 4.90 Å². The average Bonchev–Trinajstić information content (AvgIpc) is 2.28. The molecular weight excluding hydrogens is 297 g/mol. The van der Waals surface area contributed by atoms with Crippen LogP contribution < -0.4 is 5.32 Å². The summed E-state index contributed by atoms with van der Waals surface area (Å²) in [4.78, 5) is 7.74. The van der Waals surface area contributed by atoms with E-state index in [0.717, 1.165) is 0 Å². The molecule has 18 heavy (non-hydrogen) atoms. The van der Waals surface area contributed by atoms with Gasteiger partial charge in [-0.3, -0.25) is 0 Å². The quantitative estimate of drug-likeness (QED) is 0.697. The summed E-state index contributed by atoms with van der Waals surface area (Å²) in [5.74, 6) is 0.511. The first-order valence-corrected chi connectivity index (χ1v) is 7.43. The van der Waals surface area contributed by atoms with Crippen LogP contribution >= 0.6 is 22.3 Å². The number of hydrogen-bond donors (Lipinski definition) is 1. The predicted molar refractivity (Wildman–Crippen MR) is 69.8 cm³/mol. The standard InChI is InChI=1S/C10H7Cl2N3O2S/c11-9-5-10(14-6-13-9)15-7-1-3-8(4-2-7)18(12,16)17/h1-6H,(H,13,14,15). The maximum absolute atomic E-state index is 11.1. The van der Waals surface area contributed by atoms with E-state index >= 15 is 0 Å². The Hall–Kier alpha value is -1.37. The van der Waals surface area contributed by atoms with Crippen molar-refractivity contribution in [3.05, 3.63) is 41.8 Å². The molecule has 1 N–H and O–H groups in total. The Bertz CT molecular complexity index is 659. The molecule has 0 radical (unpaired) electrons. The minimum absolute atomic E-state index is 0.0374. The fraction of sp³-hybridized carbons (Fsp3) is 0. The molecule has 0 unspecified atom stereocenters. The van der Waals surface area contributed by atoms with Crippen LogP contribution in [0.4, 0.5) is 11.5 Å². The van der Waals surface area contributed by atoms with E-state index in [0.29, 0.717) is 16.7 Å². The highest BCUT2D eigenvalue weighted by Crippen LogP contribution is 2.20. The Labute approximate surface area is 113 Å². The minimum Gasteiger partial charge on any atom is -0.340 e. The van der Waals surface area contributed by atoms with Crippen LogP contribution in [0.15, 0.2) is 41.6 Å². The van der Waals surface area contributed by atoms with E-state index in [9.17, 15) is 8.42 Å². The number of nitrogens with one attached hydrogen (secondary N) is 1. The Balaban J connectivity index is 2.21. The predicted octanol–water partition coefficient (Wildman–Crippen LogP) is 2.80. The van der Waals surface area contributed by atoms with E-state index in [-0.39, 0.29) is 4.90 Å². The number of aromatic nitrogens is 2. The van der Waals surface area contributed by atoms with Gasteiger partial charge in [-0.25, -0.2) is 18.4 Å². The molecule has 2 aromatic rings. The van der Waals surface area contributed by atoms with E-state index in [1.54, 1.807) is 18.2 Å². The van der Waals surface area contributed by atoms with Crippen LogP contribution in [0.2, 0.25) is 5.15 Å². The van der Waals surface area contributed by atoms with Gasteiger partial charge in [-0.1, -0.05) is 11.6 Å². The normalized spacial score (nSPS) is 11.2. The summed E-state index contributed by atoms with van der Waals surface area (Å²) >= 11 is 5.71. The monoisotopic (exact) mass is 303 g/mol. The largest absolute Gasteiger partial charge is 0.340 e. The Morgan fingerprint density at radius 2 is 1.78 bits per heavy atom. The number of rotatable bonds is 3. The van der Waals surface area contributed by atoms with Crippen LogP contribution in [0, 0.1) is 0 Å². The first-order chi connectivity index (χ1) is 8.45. The van der Waals surface area contributed by atoms with Gasteiger partial charge >= 0.3 is 0 Å². The third kappa shape index (κ3) is 3.32. The maximum Gasteiger partial charge on any atom is 0.261 e. The second-order valence-corrected chi connectivity index (χ2v) is 6.27. The molecule has 0 saturated carbocycles. The fourth-order valence-corrected chi connectivity index (χ4v) is 2.17. The highest BCUT2D eigenvalue weighted by Gasteiger charge is 2.09. The Morgan fingerprint density at radius 1 is 1.11 bits per heavy atom. The zero-order valence-electron chi connectivity index (χ0n) is 8.84. The van der Waals surface area contributed by atoms with Crippen molar-refractivity contribution in [3.8, 4) is 0 Å².